The number of nitro benzene ring substituents is 1. The SMILES string of the molecule is COc1ccc(CNc2ccc(SC)cc2)cc1[N+](=O)[O-]. The molecule has 0 amide bonds. The summed E-state index contributed by atoms with van der Waals surface area (Å²) in [5.74, 6) is 0.271. The Morgan fingerprint density at radius 3 is 2.52 bits per heavy atom. The molecule has 0 fully saturated rings. The Kier molecular flexibility index (Phi) is 5.05. The number of nitro groups is 1. The Bertz CT molecular complexity index is 629. The van der Waals surface area contributed by atoms with Crippen molar-refractivity contribution < 1.29 is 9.66 Å². The molecule has 2 aromatic rings. The fourth-order valence-corrected chi connectivity index (χ4v) is 2.31. The third-order valence-electron chi connectivity index (χ3n) is 3.03. The van der Waals surface area contributed by atoms with Gasteiger partial charge in [-0.3, -0.25) is 10.1 Å². The lowest BCUT2D eigenvalue weighted by Gasteiger charge is -2.08. The largest absolute Gasteiger partial charge is 0.490 e. The van der Waals surface area contributed by atoms with Crippen LogP contribution in [0.3, 0.4) is 0 Å². The Labute approximate surface area is 127 Å². The second-order valence-corrected chi connectivity index (χ2v) is 5.23. The summed E-state index contributed by atoms with van der Waals surface area (Å²) in [4.78, 5) is 11.7. The minimum absolute atomic E-state index is 0.0190. The van der Waals surface area contributed by atoms with Crippen LogP contribution in [-0.4, -0.2) is 18.3 Å². The van der Waals surface area contributed by atoms with Gasteiger partial charge >= 0.3 is 5.69 Å². The van der Waals surface area contributed by atoms with Gasteiger partial charge in [0.15, 0.2) is 5.75 Å². The van der Waals surface area contributed by atoms with Crippen LogP contribution < -0.4 is 10.1 Å². The summed E-state index contributed by atoms with van der Waals surface area (Å²) < 4.78 is 4.99. The van der Waals surface area contributed by atoms with Gasteiger partial charge in [0, 0.05) is 23.2 Å². The van der Waals surface area contributed by atoms with E-state index in [1.54, 1.807) is 17.8 Å². The van der Waals surface area contributed by atoms with E-state index in [0.29, 0.717) is 6.54 Å². The molecule has 2 aromatic carbocycles. The van der Waals surface area contributed by atoms with Crippen LogP contribution in [0.25, 0.3) is 0 Å². The van der Waals surface area contributed by atoms with Crippen molar-refractivity contribution in [2.45, 2.75) is 11.4 Å². The van der Waals surface area contributed by atoms with Crippen molar-refractivity contribution in [2.75, 3.05) is 18.7 Å². The molecule has 0 heterocycles. The summed E-state index contributed by atoms with van der Waals surface area (Å²) in [6.45, 7) is 0.517. The van der Waals surface area contributed by atoms with Crippen LogP contribution in [0.5, 0.6) is 5.75 Å². The Morgan fingerprint density at radius 1 is 1.24 bits per heavy atom. The predicted molar refractivity (Wildman–Crippen MR) is 85.2 cm³/mol. The van der Waals surface area contributed by atoms with E-state index in [1.165, 1.54) is 18.1 Å². The highest BCUT2D eigenvalue weighted by molar-refractivity contribution is 7.98. The molecule has 0 spiro atoms. The molecule has 5 nitrogen and oxygen atoms in total. The molecular formula is C15H16N2O3S. The van der Waals surface area contributed by atoms with Crippen LogP contribution in [0, 0.1) is 10.1 Å². The van der Waals surface area contributed by atoms with Crippen LogP contribution in [0.15, 0.2) is 47.4 Å². The number of methoxy groups -OCH3 is 1. The highest BCUT2D eigenvalue weighted by Crippen LogP contribution is 2.28. The first-order valence-corrected chi connectivity index (χ1v) is 7.55. The number of benzene rings is 2. The third kappa shape index (κ3) is 3.88. The van der Waals surface area contributed by atoms with E-state index in [9.17, 15) is 10.1 Å². The number of nitrogens with zero attached hydrogens (tertiary/aromatic N) is 1. The highest BCUT2D eigenvalue weighted by atomic mass is 32.2. The molecule has 110 valence electrons. The smallest absolute Gasteiger partial charge is 0.311 e. The fraction of sp³-hybridized carbons (Fsp3) is 0.200. The Morgan fingerprint density at radius 2 is 1.95 bits per heavy atom. The number of hydrogen-bond acceptors (Lipinski definition) is 5. The summed E-state index contributed by atoms with van der Waals surface area (Å²) in [6.07, 6.45) is 2.03. The van der Waals surface area contributed by atoms with Crippen molar-refractivity contribution >= 4 is 23.1 Å². The molecule has 0 atom stereocenters. The first kappa shape index (κ1) is 15.2. The van der Waals surface area contributed by atoms with E-state index in [4.69, 9.17) is 4.74 Å². The molecule has 0 saturated carbocycles. The molecule has 0 aromatic heterocycles. The summed E-state index contributed by atoms with van der Waals surface area (Å²) in [5, 5.41) is 14.2. The van der Waals surface area contributed by atoms with Crippen molar-refractivity contribution in [3.8, 4) is 5.75 Å². The Balaban J connectivity index is 2.08. The first-order valence-electron chi connectivity index (χ1n) is 6.33. The van der Waals surface area contributed by atoms with Gasteiger partial charge in [-0.25, -0.2) is 0 Å². The van der Waals surface area contributed by atoms with Crippen molar-refractivity contribution in [3.05, 3.63) is 58.1 Å². The quantitative estimate of drug-likeness (QED) is 0.497. The molecular weight excluding hydrogens is 288 g/mol. The van der Waals surface area contributed by atoms with Gasteiger partial charge in [0.05, 0.1) is 12.0 Å². The van der Waals surface area contributed by atoms with Crippen molar-refractivity contribution in [1.29, 1.82) is 0 Å². The van der Waals surface area contributed by atoms with Gasteiger partial charge in [-0.2, -0.15) is 0 Å². The normalized spacial score (nSPS) is 10.2. The van der Waals surface area contributed by atoms with Crippen LogP contribution >= 0.6 is 11.8 Å². The van der Waals surface area contributed by atoms with Crippen molar-refractivity contribution in [3.63, 3.8) is 0 Å². The van der Waals surface area contributed by atoms with Gasteiger partial charge in [-0.15, -0.1) is 11.8 Å². The predicted octanol–water partition coefficient (Wildman–Crippen LogP) is 3.94. The molecule has 0 bridgehead atoms. The zero-order valence-electron chi connectivity index (χ0n) is 11.8. The van der Waals surface area contributed by atoms with Crippen molar-refractivity contribution in [1.82, 2.24) is 0 Å². The van der Waals surface area contributed by atoms with Crippen LogP contribution in [-0.2, 0) is 6.54 Å². The summed E-state index contributed by atoms with van der Waals surface area (Å²) in [5.41, 5.74) is 1.79. The zero-order chi connectivity index (χ0) is 15.2. The molecule has 0 unspecified atom stereocenters. The van der Waals surface area contributed by atoms with Gasteiger partial charge in [0.25, 0.3) is 0 Å². The number of hydrogen-bond donors (Lipinski definition) is 1. The Hall–Kier alpha value is -2.21. The molecule has 0 aliphatic rings. The van der Waals surface area contributed by atoms with Crippen LogP contribution in [0.4, 0.5) is 11.4 Å². The second kappa shape index (κ2) is 6.99. The molecule has 21 heavy (non-hydrogen) atoms. The number of ether oxygens (including phenoxy) is 1. The topological polar surface area (TPSA) is 64.4 Å². The van der Waals surface area contributed by atoms with E-state index in [1.807, 2.05) is 36.6 Å². The van der Waals surface area contributed by atoms with Gasteiger partial charge < -0.3 is 10.1 Å². The minimum atomic E-state index is -0.435. The van der Waals surface area contributed by atoms with E-state index in [2.05, 4.69) is 5.32 Å². The average molecular weight is 304 g/mol. The van der Waals surface area contributed by atoms with Gasteiger partial charge in [0.2, 0.25) is 0 Å². The number of nitrogens with one attached hydrogen (secondary N) is 1. The summed E-state index contributed by atoms with van der Waals surface area (Å²) in [6, 6.07) is 13.0. The summed E-state index contributed by atoms with van der Waals surface area (Å²) >= 11 is 1.68. The molecule has 0 saturated heterocycles. The number of thioether (sulfide) groups is 1. The van der Waals surface area contributed by atoms with Gasteiger partial charge in [-0.05, 0) is 42.2 Å². The lowest BCUT2D eigenvalue weighted by atomic mass is 10.2. The van der Waals surface area contributed by atoms with Gasteiger partial charge in [0.1, 0.15) is 0 Å². The molecule has 0 radical (unpaired) electrons. The highest BCUT2D eigenvalue weighted by Gasteiger charge is 2.14. The third-order valence-corrected chi connectivity index (χ3v) is 3.77. The lowest BCUT2D eigenvalue weighted by Crippen LogP contribution is -2.01. The maximum atomic E-state index is 11.0. The fourth-order valence-electron chi connectivity index (χ4n) is 1.90. The first-order chi connectivity index (χ1) is 10.1. The minimum Gasteiger partial charge on any atom is -0.490 e. The second-order valence-electron chi connectivity index (χ2n) is 4.35. The maximum Gasteiger partial charge on any atom is 0.311 e. The number of anilines is 1. The monoisotopic (exact) mass is 304 g/mol. The molecule has 0 aliphatic carbocycles. The van der Waals surface area contributed by atoms with Crippen LogP contribution in [0.2, 0.25) is 0 Å². The average Bonchev–Trinajstić information content (AvgIpc) is 2.53. The van der Waals surface area contributed by atoms with E-state index < -0.39 is 4.92 Å². The standard InChI is InChI=1S/C15H16N2O3S/c1-20-15-8-3-11(9-14(15)17(18)19)10-16-12-4-6-13(21-2)7-5-12/h3-9,16H,10H2,1-2H3. The maximum absolute atomic E-state index is 11.0. The zero-order valence-corrected chi connectivity index (χ0v) is 12.6. The molecule has 2 rings (SSSR count). The lowest BCUT2D eigenvalue weighted by molar-refractivity contribution is -0.385. The number of rotatable bonds is 6. The molecule has 1 N–H and O–H groups in total. The molecule has 6 heteroatoms. The van der Waals surface area contributed by atoms with Crippen LogP contribution in [0.1, 0.15) is 5.56 Å². The van der Waals surface area contributed by atoms with E-state index in [0.717, 1.165) is 11.3 Å². The molecule has 0 aliphatic heterocycles. The summed E-state index contributed by atoms with van der Waals surface area (Å²) in [7, 11) is 1.42. The van der Waals surface area contributed by atoms with E-state index >= 15 is 0 Å². The van der Waals surface area contributed by atoms with Gasteiger partial charge in [-0.1, -0.05) is 6.07 Å². The van der Waals surface area contributed by atoms with E-state index in [-0.39, 0.29) is 11.4 Å². The van der Waals surface area contributed by atoms with Crippen molar-refractivity contribution in [2.24, 2.45) is 0 Å².